The van der Waals surface area contributed by atoms with E-state index in [1.165, 1.54) is 19.3 Å². The fourth-order valence-electron chi connectivity index (χ4n) is 1.40. The van der Waals surface area contributed by atoms with Crippen molar-refractivity contribution in [2.45, 2.75) is 44.8 Å². The molecule has 0 N–H and O–H groups in total. The van der Waals surface area contributed by atoms with Crippen LogP contribution in [0.4, 0.5) is 0 Å². The van der Waals surface area contributed by atoms with Gasteiger partial charge in [-0.1, -0.05) is 32.1 Å². The predicted molar refractivity (Wildman–Crippen MR) is 52.5 cm³/mol. The highest BCUT2D eigenvalue weighted by molar-refractivity contribution is 4.86. The molecule has 0 radical (unpaired) electrons. The van der Waals surface area contributed by atoms with Crippen molar-refractivity contribution in [3.63, 3.8) is 0 Å². The highest BCUT2D eigenvalue weighted by Gasteiger charge is 2.32. The number of terminal acetylenes is 1. The van der Waals surface area contributed by atoms with Gasteiger partial charge in [0.05, 0.1) is 12.7 Å². The molecule has 2 atom stereocenters. The molecule has 0 aromatic rings. The molecule has 2 nitrogen and oxygen atoms in total. The summed E-state index contributed by atoms with van der Waals surface area (Å²) in [5, 5.41) is 0. The summed E-state index contributed by atoms with van der Waals surface area (Å²) in [4.78, 5) is 0. The maximum Gasteiger partial charge on any atom is 0.107 e. The van der Waals surface area contributed by atoms with Crippen LogP contribution in [0.1, 0.15) is 32.6 Å². The quantitative estimate of drug-likeness (QED) is 0.341. The van der Waals surface area contributed by atoms with Crippen molar-refractivity contribution in [1.29, 1.82) is 0 Å². The Hall–Kier alpha value is -0.520. The van der Waals surface area contributed by atoms with Crippen LogP contribution in [0.5, 0.6) is 0 Å². The van der Waals surface area contributed by atoms with Gasteiger partial charge in [0.2, 0.25) is 0 Å². The van der Waals surface area contributed by atoms with Gasteiger partial charge in [-0.2, -0.15) is 0 Å². The number of hydrogen-bond donors (Lipinski definition) is 0. The first-order valence-corrected chi connectivity index (χ1v) is 5.05. The van der Waals surface area contributed by atoms with Crippen LogP contribution in [0.15, 0.2) is 0 Å². The van der Waals surface area contributed by atoms with E-state index < -0.39 is 0 Å². The Kier molecular flexibility index (Phi) is 4.88. The summed E-state index contributed by atoms with van der Waals surface area (Å²) in [6.07, 6.45) is 10.5. The van der Waals surface area contributed by atoms with Gasteiger partial charge in [-0.05, 0) is 6.42 Å². The van der Waals surface area contributed by atoms with E-state index in [1.807, 2.05) is 0 Å². The van der Waals surface area contributed by atoms with Gasteiger partial charge in [-0.15, -0.1) is 6.42 Å². The summed E-state index contributed by atoms with van der Waals surface area (Å²) in [6.45, 7) is 3.46. The zero-order valence-corrected chi connectivity index (χ0v) is 8.29. The average molecular weight is 182 g/mol. The van der Waals surface area contributed by atoms with Crippen molar-refractivity contribution in [3.05, 3.63) is 0 Å². The fourth-order valence-corrected chi connectivity index (χ4v) is 1.40. The molecule has 1 aliphatic rings. The minimum atomic E-state index is 0.239. The van der Waals surface area contributed by atoms with Gasteiger partial charge in [0, 0.05) is 0 Å². The van der Waals surface area contributed by atoms with E-state index in [9.17, 15) is 0 Å². The predicted octanol–water partition coefficient (Wildman–Crippen LogP) is 1.98. The van der Waals surface area contributed by atoms with Crippen molar-refractivity contribution >= 4 is 0 Å². The Labute approximate surface area is 80.6 Å². The van der Waals surface area contributed by atoms with Crippen LogP contribution >= 0.6 is 0 Å². The summed E-state index contributed by atoms with van der Waals surface area (Å²) in [5.74, 6) is 2.49. The monoisotopic (exact) mass is 182 g/mol. The summed E-state index contributed by atoms with van der Waals surface area (Å²) in [7, 11) is 0. The van der Waals surface area contributed by atoms with Crippen molar-refractivity contribution in [2.75, 3.05) is 13.2 Å². The maximum atomic E-state index is 5.50. The third-order valence-corrected chi connectivity index (χ3v) is 2.25. The van der Waals surface area contributed by atoms with Crippen molar-refractivity contribution < 1.29 is 9.47 Å². The average Bonchev–Trinajstić information content (AvgIpc) is 2.94. The number of epoxide rings is 1. The van der Waals surface area contributed by atoms with E-state index in [0.717, 1.165) is 13.0 Å². The first kappa shape index (κ1) is 10.6. The van der Waals surface area contributed by atoms with E-state index in [1.54, 1.807) is 0 Å². The fraction of sp³-hybridized carbons (Fsp3) is 0.818. The highest BCUT2D eigenvalue weighted by Crippen LogP contribution is 2.21. The van der Waals surface area contributed by atoms with Gasteiger partial charge in [0.25, 0.3) is 0 Å². The second-order valence-corrected chi connectivity index (χ2v) is 3.42. The first-order chi connectivity index (χ1) is 6.38. The van der Waals surface area contributed by atoms with Gasteiger partial charge in [-0.25, -0.2) is 0 Å². The van der Waals surface area contributed by atoms with Crippen molar-refractivity contribution in [2.24, 2.45) is 0 Å². The normalized spacial score (nSPS) is 22.3. The molecule has 0 unspecified atom stereocenters. The molecule has 0 amide bonds. The van der Waals surface area contributed by atoms with Crippen LogP contribution in [-0.2, 0) is 9.47 Å². The third-order valence-electron chi connectivity index (χ3n) is 2.25. The second kappa shape index (κ2) is 6.01. The summed E-state index contributed by atoms with van der Waals surface area (Å²) < 4.78 is 10.7. The Bertz CT molecular complexity index is 167. The largest absolute Gasteiger partial charge is 0.370 e. The van der Waals surface area contributed by atoms with Crippen molar-refractivity contribution in [1.82, 2.24) is 0 Å². The molecule has 0 aliphatic carbocycles. The summed E-state index contributed by atoms with van der Waals surface area (Å²) in [5.41, 5.74) is 0. The number of rotatable bonds is 7. The standard InChI is InChI=1S/C11H18O2/c1-3-5-6-7-10(11-9-13-11)12-8-4-2/h2,10-11H,3,5-9H2,1H3/t10-,11+/m0/s1. The Morgan fingerprint density at radius 3 is 2.92 bits per heavy atom. The Morgan fingerprint density at radius 2 is 2.38 bits per heavy atom. The molecule has 0 saturated carbocycles. The van der Waals surface area contributed by atoms with Gasteiger partial charge >= 0.3 is 0 Å². The minimum absolute atomic E-state index is 0.239. The summed E-state index contributed by atoms with van der Waals surface area (Å²) >= 11 is 0. The van der Waals surface area contributed by atoms with Crippen molar-refractivity contribution in [3.8, 4) is 12.3 Å². The lowest BCUT2D eigenvalue weighted by Crippen LogP contribution is -2.20. The molecule has 1 saturated heterocycles. The van der Waals surface area contributed by atoms with Gasteiger partial charge in [0.1, 0.15) is 12.7 Å². The molecule has 2 heteroatoms. The zero-order chi connectivity index (χ0) is 9.52. The number of unbranched alkanes of at least 4 members (excludes halogenated alkanes) is 2. The SMILES string of the molecule is C#CCO[C@@H](CCCCC)[C@H]1CO1. The maximum absolute atomic E-state index is 5.50. The lowest BCUT2D eigenvalue weighted by Gasteiger charge is -2.13. The minimum Gasteiger partial charge on any atom is -0.370 e. The Morgan fingerprint density at radius 1 is 1.62 bits per heavy atom. The molecular formula is C11H18O2. The van der Waals surface area contributed by atoms with E-state index in [2.05, 4.69) is 12.8 Å². The van der Waals surface area contributed by atoms with Gasteiger partial charge < -0.3 is 9.47 Å². The molecule has 0 aromatic carbocycles. The summed E-state index contributed by atoms with van der Waals surface area (Å²) in [6, 6.07) is 0. The van der Waals surface area contributed by atoms with E-state index in [-0.39, 0.29) is 6.10 Å². The molecule has 1 heterocycles. The highest BCUT2D eigenvalue weighted by atomic mass is 16.6. The molecule has 0 bridgehead atoms. The van der Waals surface area contributed by atoms with Crippen LogP contribution in [0, 0.1) is 12.3 Å². The number of hydrogen-bond acceptors (Lipinski definition) is 2. The lowest BCUT2D eigenvalue weighted by molar-refractivity contribution is 0.0469. The van der Waals surface area contributed by atoms with Crippen LogP contribution in [0.3, 0.4) is 0 Å². The van der Waals surface area contributed by atoms with Crippen LogP contribution < -0.4 is 0 Å². The molecular weight excluding hydrogens is 164 g/mol. The first-order valence-electron chi connectivity index (χ1n) is 5.05. The van der Waals surface area contributed by atoms with E-state index in [0.29, 0.717) is 12.7 Å². The molecule has 0 spiro atoms. The van der Waals surface area contributed by atoms with Crippen LogP contribution in [0.2, 0.25) is 0 Å². The lowest BCUT2D eigenvalue weighted by atomic mass is 10.1. The third kappa shape index (κ3) is 4.31. The molecule has 1 aliphatic heterocycles. The van der Waals surface area contributed by atoms with E-state index >= 15 is 0 Å². The van der Waals surface area contributed by atoms with Gasteiger partial charge in [-0.3, -0.25) is 0 Å². The smallest absolute Gasteiger partial charge is 0.107 e. The van der Waals surface area contributed by atoms with Crippen LogP contribution in [0.25, 0.3) is 0 Å². The molecule has 1 fully saturated rings. The number of ether oxygens (including phenoxy) is 2. The molecule has 1 rings (SSSR count). The molecule has 0 aromatic heterocycles. The Balaban J connectivity index is 2.10. The molecule has 13 heavy (non-hydrogen) atoms. The van der Waals surface area contributed by atoms with Crippen LogP contribution in [-0.4, -0.2) is 25.4 Å². The zero-order valence-electron chi connectivity index (χ0n) is 8.29. The molecule has 74 valence electrons. The van der Waals surface area contributed by atoms with Gasteiger partial charge in [0.15, 0.2) is 0 Å². The second-order valence-electron chi connectivity index (χ2n) is 3.42. The van der Waals surface area contributed by atoms with E-state index in [4.69, 9.17) is 15.9 Å². The topological polar surface area (TPSA) is 21.8 Å².